The van der Waals surface area contributed by atoms with Gasteiger partial charge in [-0.3, -0.25) is 4.79 Å². The summed E-state index contributed by atoms with van der Waals surface area (Å²) in [5, 5.41) is 9.03. The highest BCUT2D eigenvalue weighted by Gasteiger charge is 2.01. The summed E-state index contributed by atoms with van der Waals surface area (Å²) in [6, 6.07) is 0. The van der Waals surface area contributed by atoms with E-state index < -0.39 is 5.97 Å². The molecule has 24 heavy (non-hydrogen) atoms. The number of rotatable bonds is 16. The fraction of sp³-hybridized carbons (Fsp3) is 0.952. The van der Waals surface area contributed by atoms with E-state index in [9.17, 15) is 4.79 Å². The van der Waals surface area contributed by atoms with E-state index in [-0.39, 0.29) is 0 Å². The highest BCUT2D eigenvalue weighted by Crippen LogP contribution is 2.17. The first-order valence-electron chi connectivity index (χ1n) is 10.4. The number of carbonyl (C=O) groups is 1. The normalized spacial score (nSPS) is 10.5. The van der Waals surface area contributed by atoms with Gasteiger partial charge in [0.05, 0.1) is 0 Å². The van der Waals surface area contributed by atoms with Crippen LogP contribution in [0.5, 0.6) is 0 Å². The maximum Gasteiger partial charge on any atom is 0.303 e. The smallest absolute Gasteiger partial charge is 0.303 e. The number of unbranched alkanes of at least 4 members (excludes halogenated alkanes) is 9. The van der Waals surface area contributed by atoms with Crippen LogP contribution in [0, 0.1) is 5.92 Å². The molecule has 0 aromatic carbocycles. The number of hydrogen-bond acceptors (Lipinski definition) is 1. The lowest BCUT2D eigenvalue weighted by molar-refractivity contribution is -0.137. The van der Waals surface area contributed by atoms with Gasteiger partial charge in [-0.15, -0.1) is 0 Å². The fourth-order valence-electron chi connectivity index (χ4n) is 2.71. The zero-order chi connectivity index (χ0) is 18.5. The Balaban J connectivity index is 0. The van der Waals surface area contributed by atoms with Crippen LogP contribution in [-0.4, -0.2) is 16.4 Å². The molecule has 0 atom stereocenters. The van der Waals surface area contributed by atoms with Gasteiger partial charge in [0.2, 0.25) is 0 Å². The minimum absolute atomic E-state index is 0.297. The van der Waals surface area contributed by atoms with Crippen molar-refractivity contribution in [3.8, 4) is 0 Å². The van der Waals surface area contributed by atoms with Crippen LogP contribution in [0.2, 0.25) is 0 Å². The molecular formula is C21H43BrO2. The number of hydrogen-bond donors (Lipinski definition) is 1. The summed E-state index contributed by atoms with van der Waals surface area (Å²) in [6.45, 7) is 7.03. The second-order valence-corrected chi connectivity index (χ2v) is 7.84. The van der Waals surface area contributed by atoms with Crippen LogP contribution >= 0.6 is 15.9 Å². The van der Waals surface area contributed by atoms with Crippen molar-refractivity contribution in [2.75, 3.05) is 5.33 Å². The van der Waals surface area contributed by atoms with Gasteiger partial charge >= 0.3 is 5.97 Å². The summed E-state index contributed by atoms with van der Waals surface area (Å²) in [5.41, 5.74) is 0. The van der Waals surface area contributed by atoms with Crippen LogP contribution in [0.3, 0.4) is 0 Å². The minimum atomic E-state index is -0.703. The third-order valence-corrected chi connectivity index (χ3v) is 4.94. The second-order valence-electron chi connectivity index (χ2n) is 7.05. The van der Waals surface area contributed by atoms with E-state index in [4.69, 9.17) is 5.11 Å². The molecule has 146 valence electrons. The number of alkyl halides is 1. The van der Waals surface area contributed by atoms with Crippen molar-refractivity contribution in [2.45, 2.75) is 117 Å². The Morgan fingerprint density at radius 2 is 1.25 bits per heavy atom. The number of halogens is 1. The Hall–Kier alpha value is -0.0500. The SMILES string of the molecule is CCCCCCCC(C)CCCCCCC.O=C(O)CCCCBr. The van der Waals surface area contributed by atoms with E-state index in [1.807, 2.05) is 0 Å². The highest BCUT2D eigenvalue weighted by atomic mass is 79.9. The van der Waals surface area contributed by atoms with Crippen molar-refractivity contribution in [3.63, 3.8) is 0 Å². The zero-order valence-corrected chi connectivity index (χ0v) is 18.2. The predicted molar refractivity (Wildman–Crippen MR) is 111 cm³/mol. The average molecular weight is 407 g/mol. The van der Waals surface area contributed by atoms with E-state index in [0.29, 0.717) is 6.42 Å². The molecule has 0 saturated carbocycles. The van der Waals surface area contributed by atoms with E-state index >= 15 is 0 Å². The molecule has 0 fully saturated rings. The summed E-state index contributed by atoms with van der Waals surface area (Å²) >= 11 is 3.21. The lowest BCUT2D eigenvalue weighted by atomic mass is 9.96. The quantitative estimate of drug-likeness (QED) is 0.208. The Labute approximate surface area is 160 Å². The van der Waals surface area contributed by atoms with E-state index in [2.05, 4.69) is 36.7 Å². The summed E-state index contributed by atoms with van der Waals surface area (Å²) in [6.07, 6.45) is 19.4. The molecule has 0 aromatic heterocycles. The van der Waals surface area contributed by atoms with Gasteiger partial charge in [-0.2, -0.15) is 0 Å². The van der Waals surface area contributed by atoms with Gasteiger partial charge in [-0.1, -0.05) is 114 Å². The Morgan fingerprint density at radius 1 is 0.792 bits per heavy atom. The van der Waals surface area contributed by atoms with E-state index in [0.717, 1.165) is 24.1 Å². The molecule has 0 spiro atoms. The molecule has 3 heteroatoms. The average Bonchev–Trinajstić information content (AvgIpc) is 2.55. The Morgan fingerprint density at radius 3 is 1.62 bits per heavy atom. The van der Waals surface area contributed by atoms with Gasteiger partial charge < -0.3 is 5.11 Å². The monoisotopic (exact) mass is 406 g/mol. The number of carboxylic acid groups (broad SMARTS) is 1. The Kier molecular flexibility index (Phi) is 25.0. The molecule has 0 amide bonds. The van der Waals surface area contributed by atoms with Gasteiger partial charge in [0.15, 0.2) is 0 Å². The van der Waals surface area contributed by atoms with Crippen LogP contribution in [-0.2, 0) is 4.79 Å². The summed E-state index contributed by atoms with van der Waals surface area (Å²) in [7, 11) is 0. The van der Waals surface area contributed by atoms with Crippen molar-refractivity contribution in [2.24, 2.45) is 5.92 Å². The zero-order valence-electron chi connectivity index (χ0n) is 16.6. The maximum absolute atomic E-state index is 9.86. The van der Waals surface area contributed by atoms with Gasteiger partial charge in [-0.25, -0.2) is 0 Å². The summed E-state index contributed by atoms with van der Waals surface area (Å²) < 4.78 is 0. The van der Waals surface area contributed by atoms with Gasteiger partial charge in [0, 0.05) is 11.8 Å². The van der Waals surface area contributed by atoms with E-state index in [1.165, 1.54) is 77.0 Å². The van der Waals surface area contributed by atoms with Crippen LogP contribution < -0.4 is 0 Å². The first kappa shape index (κ1) is 26.2. The molecule has 0 radical (unpaired) electrons. The molecule has 0 aliphatic carbocycles. The molecule has 0 heterocycles. The lowest BCUT2D eigenvalue weighted by Gasteiger charge is -2.10. The first-order valence-corrected chi connectivity index (χ1v) is 11.5. The molecular weight excluding hydrogens is 364 g/mol. The largest absolute Gasteiger partial charge is 0.481 e. The summed E-state index contributed by atoms with van der Waals surface area (Å²) in [4.78, 5) is 9.86. The third kappa shape index (κ3) is 26.8. The highest BCUT2D eigenvalue weighted by molar-refractivity contribution is 9.09. The lowest BCUT2D eigenvalue weighted by Crippen LogP contribution is -1.95. The van der Waals surface area contributed by atoms with Crippen molar-refractivity contribution in [3.05, 3.63) is 0 Å². The van der Waals surface area contributed by atoms with Crippen molar-refractivity contribution in [1.82, 2.24) is 0 Å². The van der Waals surface area contributed by atoms with Gasteiger partial charge in [-0.05, 0) is 18.8 Å². The van der Waals surface area contributed by atoms with Crippen molar-refractivity contribution < 1.29 is 9.90 Å². The predicted octanol–water partition coefficient (Wildman–Crippen LogP) is 7.98. The minimum Gasteiger partial charge on any atom is -0.481 e. The Bertz CT molecular complexity index is 230. The molecule has 1 N–H and O–H groups in total. The second kappa shape index (κ2) is 22.9. The van der Waals surface area contributed by atoms with Crippen LogP contribution in [0.4, 0.5) is 0 Å². The molecule has 0 aliphatic heterocycles. The molecule has 0 unspecified atom stereocenters. The molecule has 0 rings (SSSR count). The maximum atomic E-state index is 9.86. The van der Waals surface area contributed by atoms with Gasteiger partial charge in [0.1, 0.15) is 0 Å². The van der Waals surface area contributed by atoms with E-state index in [1.54, 1.807) is 0 Å². The molecule has 0 saturated heterocycles. The molecule has 0 aliphatic rings. The van der Waals surface area contributed by atoms with Crippen molar-refractivity contribution in [1.29, 1.82) is 0 Å². The first-order chi connectivity index (χ1) is 11.6. The standard InChI is InChI=1S/C16H34.C5H9BrO2/c1-4-6-8-10-12-14-16(3)15-13-11-9-7-5-2;6-4-2-1-3-5(7)8/h16H,4-15H2,1-3H3;1-4H2,(H,7,8). The van der Waals surface area contributed by atoms with Crippen LogP contribution in [0.1, 0.15) is 117 Å². The van der Waals surface area contributed by atoms with Crippen LogP contribution in [0.25, 0.3) is 0 Å². The number of aliphatic carboxylic acids is 1. The fourth-order valence-corrected chi connectivity index (χ4v) is 3.10. The molecule has 0 bridgehead atoms. The van der Waals surface area contributed by atoms with Gasteiger partial charge in [0.25, 0.3) is 0 Å². The topological polar surface area (TPSA) is 37.3 Å². The molecule has 0 aromatic rings. The van der Waals surface area contributed by atoms with Crippen LogP contribution in [0.15, 0.2) is 0 Å². The van der Waals surface area contributed by atoms with Crippen molar-refractivity contribution >= 4 is 21.9 Å². The summed E-state index contributed by atoms with van der Waals surface area (Å²) in [5.74, 6) is 0.272. The number of carboxylic acids is 1. The third-order valence-electron chi connectivity index (χ3n) is 4.38. The molecule has 2 nitrogen and oxygen atoms in total.